The van der Waals surface area contributed by atoms with Gasteiger partial charge in [0.15, 0.2) is 17.5 Å². The molecule has 0 saturated heterocycles. The molecule has 7 nitrogen and oxygen atoms in total. The third kappa shape index (κ3) is 5.75. The van der Waals surface area contributed by atoms with Gasteiger partial charge < -0.3 is 20.1 Å². The van der Waals surface area contributed by atoms with Crippen LogP contribution < -0.4 is 20.1 Å². The Morgan fingerprint density at radius 2 is 2.00 bits per heavy atom. The maximum absolute atomic E-state index is 5.42. The van der Waals surface area contributed by atoms with Crippen molar-refractivity contribution in [2.24, 2.45) is 10.9 Å². The van der Waals surface area contributed by atoms with Crippen LogP contribution in [0.5, 0.6) is 11.5 Å². The SMILES string of the molecule is CN=C(NCc1ccc2c(c1)OCO2)NCC(C)Cn1nc(C)cc1C.I. The van der Waals surface area contributed by atoms with Crippen LogP contribution >= 0.6 is 24.0 Å². The molecule has 27 heavy (non-hydrogen) atoms. The van der Waals surface area contributed by atoms with E-state index in [1.54, 1.807) is 7.05 Å². The predicted molar refractivity (Wildman–Crippen MR) is 117 cm³/mol. The Hall–Kier alpha value is -1.97. The minimum atomic E-state index is 0. The van der Waals surface area contributed by atoms with E-state index in [2.05, 4.69) is 45.3 Å². The Balaban J connectivity index is 0.00000261. The van der Waals surface area contributed by atoms with Gasteiger partial charge >= 0.3 is 0 Å². The van der Waals surface area contributed by atoms with Gasteiger partial charge in [0.2, 0.25) is 6.79 Å². The molecule has 2 N–H and O–H groups in total. The lowest BCUT2D eigenvalue weighted by Crippen LogP contribution is -2.39. The Morgan fingerprint density at radius 3 is 2.70 bits per heavy atom. The largest absolute Gasteiger partial charge is 0.454 e. The fourth-order valence-corrected chi connectivity index (χ4v) is 2.95. The molecule has 0 saturated carbocycles. The molecule has 0 radical (unpaired) electrons. The van der Waals surface area contributed by atoms with E-state index < -0.39 is 0 Å². The second kappa shape index (κ2) is 9.82. The van der Waals surface area contributed by atoms with Gasteiger partial charge in [-0.3, -0.25) is 9.67 Å². The number of ether oxygens (including phenoxy) is 2. The summed E-state index contributed by atoms with van der Waals surface area (Å²) in [6, 6.07) is 8.06. The van der Waals surface area contributed by atoms with Crippen LogP contribution in [0.3, 0.4) is 0 Å². The lowest BCUT2D eigenvalue weighted by atomic mass is 10.2. The van der Waals surface area contributed by atoms with Crippen LogP contribution in [0, 0.1) is 19.8 Å². The summed E-state index contributed by atoms with van der Waals surface area (Å²) in [5, 5.41) is 11.2. The summed E-state index contributed by atoms with van der Waals surface area (Å²) < 4.78 is 12.8. The summed E-state index contributed by atoms with van der Waals surface area (Å²) in [5.74, 6) is 2.81. The number of aromatic nitrogens is 2. The molecule has 1 aliphatic rings. The molecule has 1 aromatic heterocycles. The number of fused-ring (bicyclic) bond motifs is 1. The Morgan fingerprint density at radius 1 is 1.22 bits per heavy atom. The lowest BCUT2D eigenvalue weighted by Gasteiger charge is -2.17. The highest BCUT2D eigenvalue weighted by molar-refractivity contribution is 14.0. The number of hydrogen-bond donors (Lipinski definition) is 2. The zero-order valence-corrected chi connectivity index (χ0v) is 18.6. The number of guanidine groups is 1. The molecular formula is C19H28IN5O2. The van der Waals surface area contributed by atoms with E-state index in [0.29, 0.717) is 19.3 Å². The summed E-state index contributed by atoms with van der Waals surface area (Å²) in [5.41, 5.74) is 3.37. The van der Waals surface area contributed by atoms with Crippen LogP contribution in [-0.2, 0) is 13.1 Å². The highest BCUT2D eigenvalue weighted by Gasteiger charge is 2.13. The number of hydrogen-bond acceptors (Lipinski definition) is 4. The molecule has 1 unspecified atom stereocenters. The minimum absolute atomic E-state index is 0. The van der Waals surface area contributed by atoms with Gasteiger partial charge in [-0.25, -0.2) is 0 Å². The predicted octanol–water partition coefficient (Wildman–Crippen LogP) is 2.85. The van der Waals surface area contributed by atoms with Crippen molar-refractivity contribution in [1.29, 1.82) is 0 Å². The highest BCUT2D eigenvalue weighted by Crippen LogP contribution is 2.32. The molecule has 2 aromatic rings. The molecule has 3 rings (SSSR count). The van der Waals surface area contributed by atoms with Gasteiger partial charge in [-0.2, -0.15) is 5.10 Å². The molecule has 2 heterocycles. The molecule has 1 aromatic carbocycles. The Kier molecular flexibility index (Phi) is 7.76. The van der Waals surface area contributed by atoms with Crippen LogP contribution in [0.25, 0.3) is 0 Å². The van der Waals surface area contributed by atoms with Gasteiger partial charge in [-0.1, -0.05) is 13.0 Å². The standard InChI is InChI=1S/C19H27N5O2.HI/c1-13(11-24-15(3)7-14(2)23-24)9-21-19(20-4)22-10-16-5-6-17-18(8-16)26-12-25-17;/h5-8,13H,9-12H2,1-4H3,(H2,20,21,22);1H. The van der Waals surface area contributed by atoms with Gasteiger partial charge in [-0.05, 0) is 43.5 Å². The highest BCUT2D eigenvalue weighted by atomic mass is 127. The Labute approximate surface area is 177 Å². The Bertz CT molecular complexity index is 790. The van der Waals surface area contributed by atoms with Crippen LogP contribution in [0.2, 0.25) is 0 Å². The van der Waals surface area contributed by atoms with E-state index in [1.807, 2.05) is 25.1 Å². The normalized spacial score (nSPS) is 13.9. The summed E-state index contributed by atoms with van der Waals surface area (Å²) in [6.07, 6.45) is 0. The van der Waals surface area contributed by atoms with Crippen LogP contribution in [-0.4, -0.2) is 36.1 Å². The topological polar surface area (TPSA) is 72.7 Å². The number of aryl methyl sites for hydroxylation is 2. The molecule has 8 heteroatoms. The van der Waals surface area contributed by atoms with Crippen LogP contribution in [0.4, 0.5) is 0 Å². The van der Waals surface area contributed by atoms with E-state index >= 15 is 0 Å². The van der Waals surface area contributed by atoms with E-state index in [1.165, 1.54) is 5.69 Å². The van der Waals surface area contributed by atoms with Crippen LogP contribution in [0.1, 0.15) is 23.9 Å². The smallest absolute Gasteiger partial charge is 0.231 e. The maximum Gasteiger partial charge on any atom is 0.231 e. The first-order valence-corrected chi connectivity index (χ1v) is 8.89. The average Bonchev–Trinajstić information content (AvgIpc) is 3.20. The number of halogens is 1. The second-order valence-electron chi connectivity index (χ2n) is 6.71. The van der Waals surface area contributed by atoms with Gasteiger partial charge in [-0.15, -0.1) is 24.0 Å². The zero-order valence-electron chi connectivity index (χ0n) is 16.3. The number of benzene rings is 1. The molecule has 0 spiro atoms. The molecule has 0 fully saturated rings. The lowest BCUT2D eigenvalue weighted by molar-refractivity contribution is 0.174. The third-order valence-electron chi connectivity index (χ3n) is 4.33. The van der Waals surface area contributed by atoms with Gasteiger partial charge in [0, 0.05) is 32.4 Å². The van der Waals surface area contributed by atoms with Gasteiger partial charge in [0.05, 0.1) is 5.69 Å². The first-order chi connectivity index (χ1) is 12.5. The zero-order chi connectivity index (χ0) is 18.5. The first kappa shape index (κ1) is 21.3. The first-order valence-electron chi connectivity index (χ1n) is 8.89. The minimum Gasteiger partial charge on any atom is -0.454 e. The monoisotopic (exact) mass is 485 g/mol. The summed E-state index contributed by atoms with van der Waals surface area (Å²) in [6.45, 7) is 8.98. The molecular weight excluding hydrogens is 457 g/mol. The maximum atomic E-state index is 5.42. The molecule has 0 aliphatic carbocycles. The van der Waals surface area contributed by atoms with Crippen molar-refractivity contribution in [3.05, 3.63) is 41.2 Å². The van der Waals surface area contributed by atoms with Crippen LogP contribution in [0.15, 0.2) is 29.3 Å². The number of rotatable bonds is 6. The van der Waals surface area contributed by atoms with Crippen molar-refractivity contribution in [3.8, 4) is 11.5 Å². The number of aliphatic imine (C=N–C) groups is 1. The fraction of sp³-hybridized carbons (Fsp3) is 0.474. The average molecular weight is 485 g/mol. The number of nitrogens with zero attached hydrogens (tertiary/aromatic N) is 3. The molecule has 1 atom stereocenters. The van der Waals surface area contributed by atoms with Gasteiger partial charge in [0.1, 0.15) is 0 Å². The van der Waals surface area contributed by atoms with Crippen molar-refractivity contribution in [1.82, 2.24) is 20.4 Å². The second-order valence-corrected chi connectivity index (χ2v) is 6.71. The summed E-state index contributed by atoms with van der Waals surface area (Å²) in [4.78, 5) is 4.29. The van der Waals surface area contributed by atoms with E-state index in [0.717, 1.165) is 41.8 Å². The summed E-state index contributed by atoms with van der Waals surface area (Å²) >= 11 is 0. The van der Waals surface area contributed by atoms with E-state index in [4.69, 9.17) is 9.47 Å². The molecule has 148 valence electrons. The van der Waals surface area contributed by atoms with Crippen molar-refractivity contribution in [2.45, 2.75) is 33.9 Å². The van der Waals surface area contributed by atoms with Crippen molar-refractivity contribution < 1.29 is 9.47 Å². The fourth-order valence-electron chi connectivity index (χ4n) is 2.95. The third-order valence-corrected chi connectivity index (χ3v) is 4.33. The van der Waals surface area contributed by atoms with Gasteiger partial charge in [0.25, 0.3) is 0 Å². The van der Waals surface area contributed by atoms with Crippen molar-refractivity contribution in [3.63, 3.8) is 0 Å². The van der Waals surface area contributed by atoms with Crippen molar-refractivity contribution >= 4 is 29.9 Å². The van der Waals surface area contributed by atoms with E-state index in [9.17, 15) is 0 Å². The van der Waals surface area contributed by atoms with E-state index in [-0.39, 0.29) is 24.0 Å². The van der Waals surface area contributed by atoms with Crippen molar-refractivity contribution in [2.75, 3.05) is 20.4 Å². The quantitative estimate of drug-likeness (QED) is 0.374. The molecule has 0 bridgehead atoms. The molecule has 1 aliphatic heterocycles. The summed E-state index contributed by atoms with van der Waals surface area (Å²) in [7, 11) is 1.78. The number of nitrogens with one attached hydrogen (secondary N) is 2. The molecule has 0 amide bonds.